The van der Waals surface area contributed by atoms with Crippen molar-refractivity contribution >= 4 is 23.1 Å². The van der Waals surface area contributed by atoms with E-state index >= 15 is 0 Å². The Labute approximate surface area is 97.6 Å². The smallest absolute Gasteiger partial charge is 0.211 e. The first-order valence-corrected chi connectivity index (χ1v) is 5.04. The summed E-state index contributed by atoms with van der Waals surface area (Å²) in [6, 6.07) is 6.44. The molecule has 0 saturated carbocycles. The molecule has 0 atom stereocenters. The Kier molecular flexibility index (Phi) is 2.66. The first kappa shape index (κ1) is 10.7. The summed E-state index contributed by atoms with van der Waals surface area (Å²) in [5, 5.41) is 4.39. The number of halogens is 1. The first-order valence-electron chi connectivity index (χ1n) is 4.66. The second-order valence-corrected chi connectivity index (χ2v) is 3.88. The third-order valence-electron chi connectivity index (χ3n) is 2.24. The van der Waals surface area contributed by atoms with Crippen molar-refractivity contribution in [3.8, 4) is 0 Å². The highest BCUT2D eigenvalue weighted by atomic mass is 35.5. The fourth-order valence-electron chi connectivity index (χ4n) is 1.49. The molecule has 2 rings (SSSR count). The Morgan fingerprint density at radius 3 is 2.75 bits per heavy atom. The summed E-state index contributed by atoms with van der Waals surface area (Å²) in [5.41, 5.74) is 7.07. The van der Waals surface area contributed by atoms with E-state index in [0.717, 1.165) is 0 Å². The summed E-state index contributed by atoms with van der Waals surface area (Å²) in [4.78, 5) is 12.1. The zero-order valence-corrected chi connectivity index (χ0v) is 9.40. The average molecular weight is 236 g/mol. The van der Waals surface area contributed by atoms with Crippen LogP contribution in [0.4, 0.5) is 5.69 Å². The van der Waals surface area contributed by atoms with Crippen LogP contribution in [0, 0.1) is 0 Å². The van der Waals surface area contributed by atoms with E-state index in [1.54, 1.807) is 37.5 Å². The number of aryl methyl sites for hydroxylation is 1. The number of nitrogens with zero attached hydrogens (tertiary/aromatic N) is 2. The minimum Gasteiger partial charge on any atom is -0.399 e. The molecular formula is C11H10ClN3O. The molecule has 0 aliphatic rings. The zero-order chi connectivity index (χ0) is 11.7. The Bertz CT molecular complexity index is 528. The third-order valence-corrected chi connectivity index (χ3v) is 2.45. The van der Waals surface area contributed by atoms with Gasteiger partial charge in [-0.1, -0.05) is 11.6 Å². The number of rotatable bonds is 2. The van der Waals surface area contributed by atoms with Crippen molar-refractivity contribution in [1.82, 2.24) is 9.78 Å². The molecule has 1 aromatic heterocycles. The minimum atomic E-state index is -0.144. The van der Waals surface area contributed by atoms with Gasteiger partial charge in [-0.25, -0.2) is 0 Å². The number of hydrogen-bond acceptors (Lipinski definition) is 3. The number of nitrogen functional groups attached to an aromatic ring is 1. The Hall–Kier alpha value is -1.81. The largest absolute Gasteiger partial charge is 0.399 e. The quantitative estimate of drug-likeness (QED) is 0.639. The predicted octanol–water partition coefficient (Wildman–Crippen LogP) is 1.89. The molecule has 1 heterocycles. The van der Waals surface area contributed by atoms with Crippen LogP contribution >= 0.6 is 11.6 Å². The lowest BCUT2D eigenvalue weighted by Gasteiger charge is -2.03. The minimum absolute atomic E-state index is 0.144. The predicted molar refractivity (Wildman–Crippen MR) is 62.5 cm³/mol. The number of benzene rings is 1. The molecule has 0 aliphatic heterocycles. The van der Waals surface area contributed by atoms with Crippen molar-refractivity contribution in [2.75, 3.05) is 5.73 Å². The molecule has 4 nitrogen and oxygen atoms in total. The second-order valence-electron chi connectivity index (χ2n) is 3.44. The van der Waals surface area contributed by atoms with Gasteiger partial charge in [0.2, 0.25) is 5.78 Å². The van der Waals surface area contributed by atoms with Crippen molar-refractivity contribution in [2.24, 2.45) is 7.05 Å². The van der Waals surface area contributed by atoms with Gasteiger partial charge < -0.3 is 5.73 Å². The molecule has 0 amide bonds. The second kappa shape index (κ2) is 3.98. The monoisotopic (exact) mass is 235 g/mol. The van der Waals surface area contributed by atoms with E-state index in [-0.39, 0.29) is 5.78 Å². The number of carbonyl (C=O) groups is 1. The van der Waals surface area contributed by atoms with Gasteiger partial charge in [0.15, 0.2) is 0 Å². The lowest BCUT2D eigenvalue weighted by molar-refractivity contribution is 0.103. The number of anilines is 1. The van der Waals surface area contributed by atoms with E-state index in [0.29, 0.717) is 22.0 Å². The summed E-state index contributed by atoms with van der Waals surface area (Å²) in [6.07, 6.45) is 1.57. The van der Waals surface area contributed by atoms with Gasteiger partial charge in [0, 0.05) is 29.5 Å². The summed E-state index contributed by atoms with van der Waals surface area (Å²) < 4.78 is 1.51. The number of hydrogen-bond donors (Lipinski definition) is 1. The highest BCUT2D eigenvalue weighted by Crippen LogP contribution is 2.19. The molecule has 0 unspecified atom stereocenters. The molecule has 0 bridgehead atoms. The highest BCUT2D eigenvalue weighted by molar-refractivity contribution is 6.31. The summed E-state index contributed by atoms with van der Waals surface area (Å²) in [5.74, 6) is -0.144. The van der Waals surface area contributed by atoms with Crippen molar-refractivity contribution in [3.05, 3.63) is 46.7 Å². The van der Waals surface area contributed by atoms with Crippen LogP contribution < -0.4 is 5.73 Å². The maximum Gasteiger partial charge on any atom is 0.211 e. The summed E-state index contributed by atoms with van der Waals surface area (Å²) >= 11 is 5.84. The maximum absolute atomic E-state index is 12.1. The maximum atomic E-state index is 12.1. The molecule has 82 valence electrons. The number of ketones is 1. The molecule has 0 fully saturated rings. The van der Waals surface area contributed by atoms with Crippen molar-refractivity contribution in [3.63, 3.8) is 0 Å². The van der Waals surface area contributed by atoms with Crippen LogP contribution in [0.5, 0.6) is 0 Å². The van der Waals surface area contributed by atoms with Gasteiger partial charge in [-0.3, -0.25) is 9.48 Å². The van der Waals surface area contributed by atoms with Gasteiger partial charge in [-0.05, 0) is 24.3 Å². The normalized spacial score (nSPS) is 10.4. The SMILES string of the molecule is Cn1nccc1C(=O)c1cc(N)cc(Cl)c1. The van der Waals surface area contributed by atoms with Crippen LogP contribution in [0.1, 0.15) is 16.1 Å². The summed E-state index contributed by atoms with van der Waals surface area (Å²) in [6.45, 7) is 0. The molecule has 5 heteroatoms. The molecule has 2 aromatic rings. The van der Waals surface area contributed by atoms with E-state index in [2.05, 4.69) is 5.10 Å². The third kappa shape index (κ3) is 1.92. The van der Waals surface area contributed by atoms with Crippen LogP contribution in [-0.2, 0) is 7.05 Å². The molecule has 1 aromatic carbocycles. The Morgan fingerprint density at radius 2 is 2.19 bits per heavy atom. The standard InChI is InChI=1S/C11H10ClN3O/c1-15-10(2-3-14-15)11(16)7-4-8(12)6-9(13)5-7/h2-6H,13H2,1H3. The van der Waals surface area contributed by atoms with Gasteiger partial charge in [0.1, 0.15) is 5.69 Å². The average Bonchev–Trinajstić information content (AvgIpc) is 2.62. The van der Waals surface area contributed by atoms with Crippen LogP contribution in [0.3, 0.4) is 0 Å². The lowest BCUT2D eigenvalue weighted by Crippen LogP contribution is -2.08. The molecule has 2 N–H and O–H groups in total. The van der Waals surface area contributed by atoms with Crippen LogP contribution in [0.15, 0.2) is 30.5 Å². The number of aromatic nitrogens is 2. The molecule has 0 spiro atoms. The molecule has 16 heavy (non-hydrogen) atoms. The Morgan fingerprint density at radius 1 is 1.44 bits per heavy atom. The fourth-order valence-corrected chi connectivity index (χ4v) is 1.73. The van der Waals surface area contributed by atoms with Gasteiger partial charge in [-0.15, -0.1) is 0 Å². The van der Waals surface area contributed by atoms with Gasteiger partial charge in [-0.2, -0.15) is 5.10 Å². The Balaban J connectivity index is 2.45. The molecule has 0 aliphatic carbocycles. The molecular weight excluding hydrogens is 226 g/mol. The van der Waals surface area contributed by atoms with Crippen LogP contribution in [0.25, 0.3) is 0 Å². The van der Waals surface area contributed by atoms with Gasteiger partial charge in [0.25, 0.3) is 0 Å². The van der Waals surface area contributed by atoms with E-state index in [4.69, 9.17) is 17.3 Å². The molecule has 0 saturated heterocycles. The number of nitrogens with two attached hydrogens (primary N) is 1. The number of carbonyl (C=O) groups excluding carboxylic acids is 1. The zero-order valence-electron chi connectivity index (χ0n) is 8.64. The van der Waals surface area contributed by atoms with Crippen molar-refractivity contribution < 1.29 is 4.79 Å². The van der Waals surface area contributed by atoms with E-state index in [1.807, 2.05) is 0 Å². The van der Waals surface area contributed by atoms with Gasteiger partial charge >= 0.3 is 0 Å². The fraction of sp³-hybridized carbons (Fsp3) is 0.0909. The van der Waals surface area contributed by atoms with Crippen LogP contribution in [-0.4, -0.2) is 15.6 Å². The van der Waals surface area contributed by atoms with Gasteiger partial charge in [0.05, 0.1) is 0 Å². The molecule has 0 radical (unpaired) electrons. The highest BCUT2D eigenvalue weighted by Gasteiger charge is 2.13. The van der Waals surface area contributed by atoms with E-state index in [1.165, 1.54) is 4.68 Å². The van der Waals surface area contributed by atoms with E-state index in [9.17, 15) is 4.79 Å². The lowest BCUT2D eigenvalue weighted by atomic mass is 10.1. The van der Waals surface area contributed by atoms with E-state index < -0.39 is 0 Å². The summed E-state index contributed by atoms with van der Waals surface area (Å²) in [7, 11) is 1.71. The van der Waals surface area contributed by atoms with Crippen molar-refractivity contribution in [2.45, 2.75) is 0 Å². The topological polar surface area (TPSA) is 60.9 Å². The van der Waals surface area contributed by atoms with Crippen molar-refractivity contribution in [1.29, 1.82) is 0 Å². The first-order chi connectivity index (χ1) is 7.58. The van der Waals surface area contributed by atoms with Crippen LogP contribution in [0.2, 0.25) is 5.02 Å².